The lowest BCUT2D eigenvalue weighted by atomic mass is 9.97. The number of benzene rings is 1. The first-order chi connectivity index (χ1) is 11.7. The van der Waals surface area contributed by atoms with Gasteiger partial charge in [0.05, 0.1) is 13.2 Å². The average molecular weight is 349 g/mol. The molecular formula is C19H27NO5. The fourth-order valence-electron chi connectivity index (χ4n) is 2.60. The van der Waals surface area contributed by atoms with Crippen molar-refractivity contribution in [1.82, 2.24) is 5.32 Å². The van der Waals surface area contributed by atoms with Crippen LogP contribution in [-0.4, -0.2) is 43.3 Å². The molecular weight excluding hydrogens is 322 g/mol. The first-order valence-electron chi connectivity index (χ1n) is 8.55. The summed E-state index contributed by atoms with van der Waals surface area (Å²) in [5, 5.41) is 2.92. The SMILES string of the molecule is CC(=O)c1ccc(OCC2COCCC2NC(=O)OC(C)(C)C)cc1. The molecule has 1 N–H and O–H groups in total. The maximum absolute atomic E-state index is 12.0. The van der Waals surface area contributed by atoms with Gasteiger partial charge in [-0.2, -0.15) is 0 Å². The van der Waals surface area contributed by atoms with Crippen molar-refractivity contribution in [2.24, 2.45) is 5.92 Å². The minimum atomic E-state index is -0.528. The van der Waals surface area contributed by atoms with Crippen molar-refractivity contribution in [3.05, 3.63) is 29.8 Å². The number of nitrogens with one attached hydrogen (secondary N) is 1. The van der Waals surface area contributed by atoms with Crippen LogP contribution in [0.5, 0.6) is 5.75 Å². The summed E-state index contributed by atoms with van der Waals surface area (Å²) in [6, 6.07) is 6.98. The highest BCUT2D eigenvalue weighted by Crippen LogP contribution is 2.19. The molecule has 1 aromatic carbocycles. The van der Waals surface area contributed by atoms with Crippen molar-refractivity contribution < 1.29 is 23.8 Å². The predicted octanol–water partition coefficient (Wildman–Crippen LogP) is 3.20. The molecule has 2 rings (SSSR count). The summed E-state index contributed by atoms with van der Waals surface area (Å²) >= 11 is 0. The number of carbonyl (C=O) groups is 2. The van der Waals surface area contributed by atoms with Crippen LogP contribution in [0.2, 0.25) is 0 Å². The molecule has 0 radical (unpaired) electrons. The molecule has 0 spiro atoms. The molecule has 1 amide bonds. The van der Waals surface area contributed by atoms with Crippen LogP contribution in [0.15, 0.2) is 24.3 Å². The van der Waals surface area contributed by atoms with E-state index in [4.69, 9.17) is 14.2 Å². The molecule has 0 saturated carbocycles. The second kappa shape index (κ2) is 8.34. The van der Waals surface area contributed by atoms with Gasteiger partial charge in [0.1, 0.15) is 11.4 Å². The van der Waals surface area contributed by atoms with Crippen LogP contribution in [0.3, 0.4) is 0 Å². The Bertz CT molecular complexity index is 591. The largest absolute Gasteiger partial charge is 0.493 e. The van der Waals surface area contributed by atoms with Gasteiger partial charge in [-0.3, -0.25) is 4.79 Å². The minimum Gasteiger partial charge on any atom is -0.493 e. The smallest absolute Gasteiger partial charge is 0.407 e. The van der Waals surface area contributed by atoms with Crippen LogP contribution in [-0.2, 0) is 9.47 Å². The molecule has 0 bridgehead atoms. The standard InChI is InChI=1S/C19H27NO5/c1-13(21)14-5-7-16(8-6-14)24-12-15-11-23-10-9-17(15)20-18(22)25-19(2,3)4/h5-8,15,17H,9-12H2,1-4H3,(H,20,22). The van der Waals surface area contributed by atoms with E-state index in [2.05, 4.69) is 5.32 Å². The van der Waals surface area contributed by atoms with Gasteiger partial charge in [0.2, 0.25) is 0 Å². The molecule has 1 heterocycles. The Morgan fingerprint density at radius 2 is 1.92 bits per heavy atom. The zero-order valence-corrected chi connectivity index (χ0v) is 15.3. The normalized spacial score (nSPS) is 20.6. The maximum Gasteiger partial charge on any atom is 0.407 e. The zero-order chi connectivity index (χ0) is 18.4. The van der Waals surface area contributed by atoms with Gasteiger partial charge in [-0.25, -0.2) is 4.79 Å². The van der Waals surface area contributed by atoms with Gasteiger partial charge >= 0.3 is 6.09 Å². The quantitative estimate of drug-likeness (QED) is 0.827. The fourth-order valence-corrected chi connectivity index (χ4v) is 2.60. The number of carbonyl (C=O) groups excluding carboxylic acids is 2. The molecule has 25 heavy (non-hydrogen) atoms. The van der Waals surface area contributed by atoms with Gasteiger partial charge < -0.3 is 19.5 Å². The number of Topliss-reactive ketones (excluding diaryl/α,β-unsaturated/α-hetero) is 1. The highest BCUT2D eigenvalue weighted by Gasteiger charge is 2.29. The lowest BCUT2D eigenvalue weighted by Crippen LogP contribution is -2.48. The topological polar surface area (TPSA) is 73.9 Å². The van der Waals surface area contributed by atoms with E-state index >= 15 is 0 Å². The highest BCUT2D eigenvalue weighted by atomic mass is 16.6. The Kier molecular flexibility index (Phi) is 6.42. The van der Waals surface area contributed by atoms with E-state index in [0.29, 0.717) is 31.1 Å². The lowest BCUT2D eigenvalue weighted by Gasteiger charge is -2.32. The summed E-state index contributed by atoms with van der Waals surface area (Å²) in [7, 11) is 0. The number of amides is 1. The van der Waals surface area contributed by atoms with Crippen molar-refractivity contribution in [2.75, 3.05) is 19.8 Å². The summed E-state index contributed by atoms with van der Waals surface area (Å²) in [5.74, 6) is 0.745. The van der Waals surface area contributed by atoms with E-state index in [-0.39, 0.29) is 17.7 Å². The van der Waals surface area contributed by atoms with Crippen molar-refractivity contribution in [1.29, 1.82) is 0 Å². The molecule has 2 unspecified atom stereocenters. The summed E-state index contributed by atoms with van der Waals surface area (Å²) < 4.78 is 16.7. The molecule has 1 fully saturated rings. The second-order valence-electron chi connectivity index (χ2n) is 7.27. The molecule has 2 atom stereocenters. The van der Waals surface area contributed by atoms with Crippen LogP contribution in [0, 0.1) is 5.92 Å². The van der Waals surface area contributed by atoms with Crippen LogP contribution < -0.4 is 10.1 Å². The third-order valence-electron chi connectivity index (χ3n) is 3.90. The lowest BCUT2D eigenvalue weighted by molar-refractivity contribution is 0.00439. The predicted molar refractivity (Wildman–Crippen MR) is 94.0 cm³/mol. The zero-order valence-electron chi connectivity index (χ0n) is 15.3. The number of alkyl carbamates (subject to hydrolysis) is 1. The Balaban J connectivity index is 1.89. The highest BCUT2D eigenvalue weighted by molar-refractivity contribution is 5.94. The van der Waals surface area contributed by atoms with E-state index in [1.54, 1.807) is 24.3 Å². The van der Waals surface area contributed by atoms with Crippen molar-refractivity contribution in [2.45, 2.75) is 45.8 Å². The monoisotopic (exact) mass is 349 g/mol. The van der Waals surface area contributed by atoms with Gasteiger partial charge in [-0.05, 0) is 58.4 Å². The van der Waals surface area contributed by atoms with E-state index in [1.807, 2.05) is 20.8 Å². The van der Waals surface area contributed by atoms with Gasteiger partial charge in [0.25, 0.3) is 0 Å². The Labute approximate surface area is 148 Å². The van der Waals surface area contributed by atoms with Crippen LogP contribution in [0.4, 0.5) is 4.79 Å². The molecule has 1 aliphatic heterocycles. The maximum atomic E-state index is 12.0. The Hall–Kier alpha value is -2.08. The molecule has 138 valence electrons. The molecule has 1 aromatic rings. The van der Waals surface area contributed by atoms with Crippen LogP contribution >= 0.6 is 0 Å². The molecule has 0 aliphatic carbocycles. The van der Waals surface area contributed by atoms with Crippen LogP contribution in [0.1, 0.15) is 44.5 Å². The molecule has 6 nitrogen and oxygen atoms in total. The van der Waals surface area contributed by atoms with E-state index in [9.17, 15) is 9.59 Å². The molecule has 6 heteroatoms. The van der Waals surface area contributed by atoms with Crippen molar-refractivity contribution in [3.8, 4) is 5.75 Å². The van der Waals surface area contributed by atoms with Gasteiger partial charge in [0, 0.05) is 24.1 Å². The summed E-state index contributed by atoms with van der Waals surface area (Å²) in [6.45, 7) is 8.57. The molecule has 1 saturated heterocycles. The van der Waals surface area contributed by atoms with Gasteiger partial charge in [-0.1, -0.05) is 0 Å². The number of ether oxygens (including phenoxy) is 3. The number of rotatable bonds is 5. The summed E-state index contributed by atoms with van der Waals surface area (Å²) in [5.41, 5.74) is 0.123. The third-order valence-corrected chi connectivity index (χ3v) is 3.90. The van der Waals surface area contributed by atoms with E-state index in [0.717, 1.165) is 6.42 Å². The van der Waals surface area contributed by atoms with Gasteiger partial charge in [0.15, 0.2) is 5.78 Å². The summed E-state index contributed by atoms with van der Waals surface area (Å²) in [4.78, 5) is 23.3. The van der Waals surface area contributed by atoms with Crippen molar-refractivity contribution in [3.63, 3.8) is 0 Å². The van der Waals surface area contributed by atoms with Crippen molar-refractivity contribution >= 4 is 11.9 Å². The third kappa shape index (κ3) is 6.38. The fraction of sp³-hybridized carbons (Fsp3) is 0.579. The Morgan fingerprint density at radius 1 is 1.24 bits per heavy atom. The number of hydrogen-bond acceptors (Lipinski definition) is 5. The first kappa shape index (κ1) is 19.2. The summed E-state index contributed by atoms with van der Waals surface area (Å²) in [6.07, 6.45) is 0.298. The van der Waals surface area contributed by atoms with E-state index in [1.165, 1.54) is 6.92 Å². The Morgan fingerprint density at radius 3 is 2.52 bits per heavy atom. The first-order valence-corrected chi connectivity index (χ1v) is 8.55. The van der Waals surface area contributed by atoms with Gasteiger partial charge in [-0.15, -0.1) is 0 Å². The minimum absolute atomic E-state index is 0.0221. The van der Waals surface area contributed by atoms with E-state index < -0.39 is 11.7 Å². The number of hydrogen-bond donors (Lipinski definition) is 1. The second-order valence-corrected chi connectivity index (χ2v) is 7.27. The van der Waals surface area contributed by atoms with Crippen LogP contribution in [0.25, 0.3) is 0 Å². The number of ketones is 1. The average Bonchev–Trinajstić information content (AvgIpc) is 2.52. The molecule has 0 aromatic heterocycles. The molecule has 1 aliphatic rings.